The van der Waals surface area contributed by atoms with Crippen molar-refractivity contribution in [2.45, 2.75) is 26.2 Å². The number of carbonyl (C=O) groups excluding carboxylic acids is 1. The Labute approximate surface area is 164 Å². The number of pyridine rings is 1. The third kappa shape index (κ3) is 3.51. The molecule has 0 aliphatic carbocycles. The summed E-state index contributed by atoms with van der Waals surface area (Å²) in [7, 11) is 0. The zero-order valence-corrected chi connectivity index (χ0v) is 16.2. The number of fused-ring (bicyclic) bond motifs is 1. The number of hydrogen-bond acceptors (Lipinski definition) is 3. The van der Waals surface area contributed by atoms with Crippen LogP contribution in [0.5, 0.6) is 0 Å². The fourth-order valence-electron chi connectivity index (χ4n) is 3.10. The maximum Gasteiger partial charge on any atom is 0.255 e. The van der Waals surface area contributed by atoms with Crippen molar-refractivity contribution in [1.29, 1.82) is 0 Å². The number of benzene rings is 2. The predicted molar refractivity (Wildman–Crippen MR) is 112 cm³/mol. The molecule has 5 nitrogen and oxygen atoms in total. The molecule has 0 radical (unpaired) electrons. The molecule has 0 spiro atoms. The van der Waals surface area contributed by atoms with Crippen LogP contribution in [-0.2, 0) is 5.41 Å². The Morgan fingerprint density at radius 2 is 1.71 bits per heavy atom. The molecule has 1 N–H and O–H groups in total. The fourth-order valence-corrected chi connectivity index (χ4v) is 3.10. The lowest BCUT2D eigenvalue weighted by Gasteiger charge is -2.19. The summed E-state index contributed by atoms with van der Waals surface area (Å²) in [6.07, 6.45) is 1.92. The molecule has 2 aromatic carbocycles. The van der Waals surface area contributed by atoms with E-state index in [1.165, 1.54) is 5.56 Å². The van der Waals surface area contributed by atoms with E-state index < -0.39 is 0 Å². The highest BCUT2D eigenvalue weighted by Crippen LogP contribution is 2.24. The van der Waals surface area contributed by atoms with Gasteiger partial charge in [0.25, 0.3) is 5.91 Å². The van der Waals surface area contributed by atoms with Gasteiger partial charge in [-0.2, -0.15) is 0 Å². The Bertz CT molecular complexity index is 1140. The van der Waals surface area contributed by atoms with Crippen LogP contribution in [0.2, 0.25) is 0 Å². The first kappa shape index (κ1) is 17.9. The second-order valence-corrected chi connectivity index (χ2v) is 7.81. The van der Waals surface area contributed by atoms with E-state index in [1.807, 2.05) is 77.3 Å². The van der Waals surface area contributed by atoms with Crippen molar-refractivity contribution in [3.63, 3.8) is 0 Å². The molecule has 2 heterocycles. The molecule has 0 atom stereocenters. The van der Waals surface area contributed by atoms with Gasteiger partial charge in [-0.05, 0) is 47.4 Å². The summed E-state index contributed by atoms with van der Waals surface area (Å²) in [5.74, 6) is 0.602. The number of hydrogen-bond donors (Lipinski definition) is 1. The van der Waals surface area contributed by atoms with Crippen molar-refractivity contribution in [2.24, 2.45) is 0 Å². The number of nitrogens with one attached hydrogen (secondary N) is 1. The van der Waals surface area contributed by atoms with Gasteiger partial charge in [-0.25, -0.2) is 0 Å². The van der Waals surface area contributed by atoms with Crippen LogP contribution >= 0.6 is 0 Å². The predicted octanol–water partition coefficient (Wildman–Crippen LogP) is 4.95. The van der Waals surface area contributed by atoms with E-state index in [4.69, 9.17) is 0 Å². The second-order valence-electron chi connectivity index (χ2n) is 7.81. The molecule has 0 unspecified atom stereocenters. The summed E-state index contributed by atoms with van der Waals surface area (Å²) in [5.41, 5.74) is 4.28. The van der Waals surface area contributed by atoms with E-state index in [1.54, 1.807) is 0 Å². The number of aromatic nitrogens is 3. The molecular formula is C23H22N4O. The van der Waals surface area contributed by atoms with Gasteiger partial charge < -0.3 is 5.32 Å². The van der Waals surface area contributed by atoms with Gasteiger partial charge in [0.2, 0.25) is 0 Å². The molecule has 2 aromatic heterocycles. The van der Waals surface area contributed by atoms with Crippen molar-refractivity contribution in [1.82, 2.24) is 14.6 Å². The first-order valence-electron chi connectivity index (χ1n) is 9.24. The Balaban J connectivity index is 1.57. The van der Waals surface area contributed by atoms with Crippen LogP contribution in [0.4, 0.5) is 5.69 Å². The highest BCUT2D eigenvalue weighted by molar-refractivity contribution is 6.04. The number of anilines is 1. The molecule has 4 aromatic rings. The van der Waals surface area contributed by atoms with Gasteiger partial charge in [0.05, 0.1) is 0 Å². The van der Waals surface area contributed by atoms with E-state index in [0.717, 1.165) is 22.7 Å². The molecule has 0 saturated heterocycles. The molecule has 140 valence electrons. The van der Waals surface area contributed by atoms with E-state index in [0.29, 0.717) is 5.56 Å². The topological polar surface area (TPSA) is 59.3 Å². The van der Waals surface area contributed by atoms with Crippen LogP contribution < -0.4 is 5.32 Å². The summed E-state index contributed by atoms with van der Waals surface area (Å²) in [6, 6.07) is 21.2. The third-order valence-corrected chi connectivity index (χ3v) is 4.71. The normalized spacial score (nSPS) is 11.5. The maximum atomic E-state index is 12.6. The highest BCUT2D eigenvalue weighted by Gasteiger charge is 2.15. The smallest absolute Gasteiger partial charge is 0.255 e. The Hall–Kier alpha value is -3.47. The Kier molecular flexibility index (Phi) is 4.43. The number of nitrogens with zero attached hydrogens (tertiary/aromatic N) is 3. The SMILES string of the molecule is CC(C)(C)c1ccc(C(=O)Nc2cccc(-c3nnc4ccccn34)c2)cc1. The molecular weight excluding hydrogens is 348 g/mol. The van der Waals surface area contributed by atoms with E-state index in [9.17, 15) is 4.79 Å². The minimum Gasteiger partial charge on any atom is -0.322 e. The van der Waals surface area contributed by atoms with Gasteiger partial charge in [0.1, 0.15) is 0 Å². The number of rotatable bonds is 3. The van der Waals surface area contributed by atoms with E-state index in [2.05, 4.69) is 36.3 Å². The summed E-state index contributed by atoms with van der Waals surface area (Å²) < 4.78 is 1.92. The highest BCUT2D eigenvalue weighted by atomic mass is 16.1. The van der Waals surface area contributed by atoms with Crippen molar-refractivity contribution in [3.8, 4) is 11.4 Å². The minimum absolute atomic E-state index is 0.0599. The van der Waals surface area contributed by atoms with E-state index in [-0.39, 0.29) is 11.3 Å². The lowest BCUT2D eigenvalue weighted by atomic mass is 9.87. The van der Waals surface area contributed by atoms with Crippen LogP contribution in [0.15, 0.2) is 72.9 Å². The lowest BCUT2D eigenvalue weighted by molar-refractivity contribution is 0.102. The molecule has 0 aliphatic rings. The standard InChI is InChI=1S/C23H22N4O/c1-23(2,3)18-12-10-16(11-13-18)22(28)24-19-8-6-7-17(15-19)21-26-25-20-9-4-5-14-27(20)21/h4-15H,1-3H3,(H,24,28). The van der Waals surface area contributed by atoms with Crippen molar-refractivity contribution >= 4 is 17.2 Å². The van der Waals surface area contributed by atoms with Gasteiger partial charge in [0, 0.05) is 23.0 Å². The molecule has 0 bridgehead atoms. The fraction of sp³-hybridized carbons (Fsp3) is 0.174. The molecule has 4 rings (SSSR count). The van der Waals surface area contributed by atoms with Crippen LogP contribution in [0, 0.1) is 0 Å². The van der Waals surface area contributed by atoms with Crippen molar-refractivity contribution < 1.29 is 4.79 Å². The van der Waals surface area contributed by atoms with Crippen LogP contribution in [0.25, 0.3) is 17.0 Å². The minimum atomic E-state index is -0.135. The average molecular weight is 370 g/mol. The largest absolute Gasteiger partial charge is 0.322 e. The van der Waals surface area contributed by atoms with Crippen molar-refractivity contribution in [2.75, 3.05) is 5.32 Å². The first-order valence-corrected chi connectivity index (χ1v) is 9.24. The Morgan fingerprint density at radius 3 is 2.46 bits per heavy atom. The van der Waals surface area contributed by atoms with Gasteiger partial charge in [-0.3, -0.25) is 9.20 Å². The molecule has 28 heavy (non-hydrogen) atoms. The third-order valence-electron chi connectivity index (χ3n) is 4.71. The zero-order chi connectivity index (χ0) is 19.7. The molecule has 0 aliphatic heterocycles. The summed E-state index contributed by atoms with van der Waals surface area (Å²) >= 11 is 0. The average Bonchev–Trinajstić information content (AvgIpc) is 3.12. The second kappa shape index (κ2) is 6.93. The summed E-state index contributed by atoms with van der Waals surface area (Å²) in [4.78, 5) is 12.6. The quantitative estimate of drug-likeness (QED) is 0.555. The first-order chi connectivity index (χ1) is 13.4. The van der Waals surface area contributed by atoms with Gasteiger partial charge in [-0.15, -0.1) is 10.2 Å². The Morgan fingerprint density at radius 1 is 0.929 bits per heavy atom. The maximum absolute atomic E-state index is 12.6. The van der Waals surface area contributed by atoms with Gasteiger partial charge >= 0.3 is 0 Å². The monoisotopic (exact) mass is 370 g/mol. The number of carbonyl (C=O) groups is 1. The summed E-state index contributed by atoms with van der Waals surface area (Å²) in [6.45, 7) is 6.46. The van der Waals surface area contributed by atoms with Crippen LogP contribution in [-0.4, -0.2) is 20.5 Å². The number of amides is 1. The van der Waals surface area contributed by atoms with E-state index >= 15 is 0 Å². The van der Waals surface area contributed by atoms with Gasteiger partial charge in [0.15, 0.2) is 11.5 Å². The lowest BCUT2D eigenvalue weighted by Crippen LogP contribution is -2.14. The molecule has 0 saturated carbocycles. The molecule has 0 fully saturated rings. The van der Waals surface area contributed by atoms with Crippen molar-refractivity contribution in [3.05, 3.63) is 84.1 Å². The molecule has 5 heteroatoms. The van der Waals surface area contributed by atoms with Crippen LogP contribution in [0.1, 0.15) is 36.7 Å². The van der Waals surface area contributed by atoms with Gasteiger partial charge in [-0.1, -0.05) is 51.1 Å². The summed E-state index contributed by atoms with van der Waals surface area (Å²) in [5, 5.41) is 11.4. The zero-order valence-electron chi connectivity index (χ0n) is 16.2. The van der Waals surface area contributed by atoms with Crippen LogP contribution in [0.3, 0.4) is 0 Å². The molecule has 1 amide bonds.